The average molecular weight is 538 g/mol. The maximum atomic E-state index is 13.4. The van der Waals surface area contributed by atoms with Gasteiger partial charge in [0.1, 0.15) is 5.75 Å². The van der Waals surface area contributed by atoms with Gasteiger partial charge in [0.15, 0.2) is 11.5 Å². The smallest absolute Gasteiger partial charge is 0.234 e. The highest BCUT2D eigenvalue weighted by atomic mass is 16.5. The van der Waals surface area contributed by atoms with E-state index in [1.165, 1.54) is 0 Å². The number of benzene rings is 2. The fraction of sp³-hybridized carbons (Fsp3) is 0.533. The first-order valence-electron chi connectivity index (χ1n) is 13.9. The molecule has 0 radical (unpaired) electrons. The zero-order valence-electron chi connectivity index (χ0n) is 22.9. The van der Waals surface area contributed by atoms with Crippen molar-refractivity contribution in [1.29, 1.82) is 0 Å². The Bertz CT molecular complexity index is 1150. The minimum absolute atomic E-state index is 0.0779. The number of hydrogen-bond donors (Lipinski definition) is 1. The number of likely N-dealkylation sites (tertiary alicyclic amines) is 1. The van der Waals surface area contributed by atoms with E-state index in [0.717, 1.165) is 30.4 Å². The molecule has 1 saturated carbocycles. The van der Waals surface area contributed by atoms with Gasteiger partial charge in [0, 0.05) is 45.8 Å². The summed E-state index contributed by atoms with van der Waals surface area (Å²) in [5.41, 5.74) is 1.99. The minimum atomic E-state index is -0.269. The van der Waals surface area contributed by atoms with E-state index in [0.29, 0.717) is 63.1 Å². The predicted molar refractivity (Wildman–Crippen MR) is 146 cm³/mol. The largest absolute Gasteiger partial charge is 0.493 e. The highest BCUT2D eigenvalue weighted by molar-refractivity contribution is 5.82. The van der Waals surface area contributed by atoms with Crippen molar-refractivity contribution in [2.75, 3.05) is 47.0 Å². The zero-order valence-corrected chi connectivity index (χ0v) is 22.9. The lowest BCUT2D eigenvalue weighted by atomic mass is 10.0. The molecule has 9 heteroatoms. The van der Waals surface area contributed by atoms with Crippen LogP contribution >= 0.6 is 0 Å². The molecule has 2 heterocycles. The fourth-order valence-electron chi connectivity index (χ4n) is 5.35. The zero-order chi connectivity index (χ0) is 27.2. The van der Waals surface area contributed by atoms with E-state index in [1.807, 2.05) is 47.4 Å². The summed E-state index contributed by atoms with van der Waals surface area (Å²) in [6, 6.07) is 13.4. The van der Waals surface area contributed by atoms with Crippen molar-refractivity contribution >= 4 is 11.8 Å². The molecule has 2 amide bonds. The minimum Gasteiger partial charge on any atom is -0.493 e. The van der Waals surface area contributed by atoms with Crippen molar-refractivity contribution in [2.45, 2.75) is 51.0 Å². The third kappa shape index (κ3) is 7.29. The summed E-state index contributed by atoms with van der Waals surface area (Å²) >= 11 is 0. The first-order valence-corrected chi connectivity index (χ1v) is 13.9. The summed E-state index contributed by atoms with van der Waals surface area (Å²) in [5.74, 6) is 2.24. The number of methoxy groups -OCH3 is 2. The molecule has 2 aromatic carbocycles. The van der Waals surface area contributed by atoms with Gasteiger partial charge in [-0.1, -0.05) is 18.2 Å². The van der Waals surface area contributed by atoms with Crippen molar-refractivity contribution in [3.63, 3.8) is 0 Å². The molecule has 0 spiro atoms. The van der Waals surface area contributed by atoms with Crippen molar-refractivity contribution in [3.8, 4) is 17.2 Å². The molecule has 5 rings (SSSR count). The summed E-state index contributed by atoms with van der Waals surface area (Å²) in [7, 11) is 3.31. The van der Waals surface area contributed by atoms with Gasteiger partial charge in [-0.15, -0.1) is 0 Å². The standard InChI is InChI=1S/C30H39N3O6/c1-36-14-4-12-32-17-21-7-10-27(37-2)28(16-21)39-24-6-3-5-22(15-24)20-38-26-11-13-33(30(35)23-8-9-23)18-25(26)31-29(34)19-32/h3,5-7,10,15-16,23,25-26H,4,8-9,11-14,17-20H2,1-2H3,(H,31,34)/t25-,26+/m0/s1. The Hall–Kier alpha value is -3.14. The number of hydrogen-bond acceptors (Lipinski definition) is 7. The van der Waals surface area contributed by atoms with Crippen LogP contribution in [0, 0.1) is 5.92 Å². The van der Waals surface area contributed by atoms with Gasteiger partial charge in [-0.05, 0) is 61.1 Å². The van der Waals surface area contributed by atoms with Gasteiger partial charge in [0.25, 0.3) is 0 Å². The lowest BCUT2D eigenvalue weighted by Crippen LogP contribution is -2.58. The van der Waals surface area contributed by atoms with Crippen LogP contribution in [0.3, 0.4) is 0 Å². The van der Waals surface area contributed by atoms with Gasteiger partial charge in [-0.2, -0.15) is 0 Å². The van der Waals surface area contributed by atoms with Crippen LogP contribution in [0.1, 0.15) is 36.8 Å². The van der Waals surface area contributed by atoms with Gasteiger partial charge in [-0.3, -0.25) is 14.5 Å². The molecule has 2 aromatic rings. The van der Waals surface area contributed by atoms with E-state index in [-0.39, 0.29) is 36.4 Å². The molecule has 4 bridgehead atoms. The predicted octanol–water partition coefficient (Wildman–Crippen LogP) is 3.35. The third-order valence-corrected chi connectivity index (χ3v) is 7.55. The highest BCUT2D eigenvalue weighted by Gasteiger charge is 2.39. The third-order valence-electron chi connectivity index (χ3n) is 7.55. The summed E-state index contributed by atoms with van der Waals surface area (Å²) in [6.45, 7) is 3.60. The van der Waals surface area contributed by atoms with Gasteiger partial charge in [0.05, 0.1) is 32.4 Å². The molecule has 210 valence electrons. The van der Waals surface area contributed by atoms with Crippen LogP contribution < -0.4 is 14.8 Å². The molecule has 3 aliphatic rings. The van der Waals surface area contributed by atoms with Crippen molar-refractivity contribution in [2.24, 2.45) is 5.92 Å². The summed E-state index contributed by atoms with van der Waals surface area (Å²) in [6.07, 6.45) is 3.22. The number of carbonyl (C=O) groups excluding carboxylic acids is 2. The Morgan fingerprint density at radius 3 is 2.74 bits per heavy atom. The van der Waals surface area contributed by atoms with E-state index in [9.17, 15) is 9.59 Å². The molecule has 1 saturated heterocycles. The number of nitrogens with one attached hydrogen (secondary N) is 1. The van der Waals surface area contributed by atoms with Crippen LogP contribution in [-0.4, -0.2) is 80.8 Å². The lowest BCUT2D eigenvalue weighted by Gasteiger charge is -2.39. The highest BCUT2D eigenvalue weighted by Crippen LogP contribution is 2.34. The summed E-state index contributed by atoms with van der Waals surface area (Å²) in [5, 5.41) is 3.22. The summed E-state index contributed by atoms with van der Waals surface area (Å²) < 4.78 is 23.5. The molecule has 2 atom stereocenters. The number of piperidine rings is 1. The molecule has 1 aliphatic carbocycles. The van der Waals surface area contributed by atoms with E-state index < -0.39 is 0 Å². The topological polar surface area (TPSA) is 89.6 Å². The molecular formula is C30H39N3O6. The van der Waals surface area contributed by atoms with Crippen LogP contribution in [0.5, 0.6) is 17.2 Å². The first-order chi connectivity index (χ1) is 19.0. The Morgan fingerprint density at radius 2 is 1.95 bits per heavy atom. The van der Waals surface area contributed by atoms with E-state index in [4.69, 9.17) is 18.9 Å². The van der Waals surface area contributed by atoms with Crippen molar-refractivity contribution < 1.29 is 28.5 Å². The van der Waals surface area contributed by atoms with Crippen LogP contribution in [0.25, 0.3) is 0 Å². The van der Waals surface area contributed by atoms with Crippen molar-refractivity contribution in [1.82, 2.24) is 15.1 Å². The number of rotatable bonds is 6. The Kier molecular flexibility index (Phi) is 9.01. The number of carbonyl (C=O) groups is 2. The molecule has 0 unspecified atom stereocenters. The number of amides is 2. The second kappa shape index (κ2) is 12.8. The SMILES string of the molecule is COCCCN1CC(=O)N[C@H]2CN(C(=O)C3CC3)CC[C@H]2OCc2cccc(c2)Oc2cc(ccc2OC)C1. The molecule has 2 aliphatic heterocycles. The molecular weight excluding hydrogens is 498 g/mol. The average Bonchev–Trinajstić information content (AvgIpc) is 3.78. The first kappa shape index (κ1) is 27.4. The second-order valence-corrected chi connectivity index (χ2v) is 10.7. The Labute approximate surface area is 230 Å². The molecule has 9 nitrogen and oxygen atoms in total. The maximum absolute atomic E-state index is 13.4. The van der Waals surface area contributed by atoms with Crippen LogP contribution in [0.4, 0.5) is 0 Å². The Balaban J connectivity index is 1.41. The quantitative estimate of drug-likeness (QED) is 0.566. The van der Waals surface area contributed by atoms with E-state index >= 15 is 0 Å². The van der Waals surface area contributed by atoms with E-state index in [2.05, 4.69) is 10.2 Å². The van der Waals surface area contributed by atoms with Gasteiger partial charge < -0.3 is 29.2 Å². The van der Waals surface area contributed by atoms with Crippen LogP contribution in [0.15, 0.2) is 42.5 Å². The summed E-state index contributed by atoms with van der Waals surface area (Å²) in [4.78, 5) is 30.2. The van der Waals surface area contributed by atoms with Crippen LogP contribution in [-0.2, 0) is 32.2 Å². The monoisotopic (exact) mass is 537 g/mol. The number of ether oxygens (including phenoxy) is 4. The maximum Gasteiger partial charge on any atom is 0.234 e. The van der Waals surface area contributed by atoms with Crippen molar-refractivity contribution in [3.05, 3.63) is 53.6 Å². The molecule has 39 heavy (non-hydrogen) atoms. The molecule has 0 aromatic heterocycles. The lowest BCUT2D eigenvalue weighted by molar-refractivity contribution is -0.138. The Morgan fingerprint density at radius 1 is 1.08 bits per heavy atom. The fourth-order valence-corrected chi connectivity index (χ4v) is 5.35. The van der Waals surface area contributed by atoms with Crippen LogP contribution in [0.2, 0.25) is 0 Å². The van der Waals surface area contributed by atoms with Gasteiger partial charge in [0.2, 0.25) is 11.8 Å². The molecule has 1 N–H and O–H groups in total. The van der Waals surface area contributed by atoms with Gasteiger partial charge >= 0.3 is 0 Å². The number of nitrogens with zero attached hydrogens (tertiary/aromatic N) is 2. The van der Waals surface area contributed by atoms with E-state index in [1.54, 1.807) is 14.2 Å². The number of fused-ring (bicyclic) bond motifs is 5. The van der Waals surface area contributed by atoms with Gasteiger partial charge in [-0.25, -0.2) is 0 Å². The second-order valence-electron chi connectivity index (χ2n) is 10.7. The molecule has 2 fully saturated rings. The normalized spacial score (nSPS) is 22.4.